The SMILES string of the molecule is Cc1ccc(C2=N[C@@H](c3ccc([N+](=O)[O-])cc3)[C@@H](C)[C@@H](c3ccccc3)O2)cc1. The van der Waals surface area contributed by atoms with E-state index in [1.165, 1.54) is 17.7 Å². The monoisotopic (exact) mass is 386 g/mol. The van der Waals surface area contributed by atoms with Crippen molar-refractivity contribution in [2.24, 2.45) is 10.9 Å². The van der Waals surface area contributed by atoms with E-state index in [9.17, 15) is 10.1 Å². The fraction of sp³-hybridized carbons (Fsp3) is 0.208. The topological polar surface area (TPSA) is 64.7 Å². The summed E-state index contributed by atoms with van der Waals surface area (Å²) in [4.78, 5) is 15.5. The van der Waals surface area contributed by atoms with Crippen LogP contribution in [0.3, 0.4) is 0 Å². The molecule has 0 unspecified atom stereocenters. The van der Waals surface area contributed by atoms with Gasteiger partial charge in [-0.2, -0.15) is 0 Å². The Hall–Kier alpha value is -3.47. The summed E-state index contributed by atoms with van der Waals surface area (Å²) in [6, 6.07) is 24.7. The first-order chi connectivity index (χ1) is 14.0. The highest BCUT2D eigenvalue weighted by Gasteiger charge is 2.35. The quantitative estimate of drug-likeness (QED) is 0.420. The maximum atomic E-state index is 11.0. The highest BCUT2D eigenvalue weighted by Crippen LogP contribution is 2.42. The summed E-state index contributed by atoms with van der Waals surface area (Å²) < 4.78 is 6.37. The van der Waals surface area contributed by atoms with Gasteiger partial charge in [-0.25, -0.2) is 4.99 Å². The van der Waals surface area contributed by atoms with Crippen LogP contribution in [-0.2, 0) is 4.74 Å². The Morgan fingerprint density at radius 2 is 1.55 bits per heavy atom. The molecule has 0 spiro atoms. The van der Waals surface area contributed by atoms with Gasteiger partial charge < -0.3 is 4.74 Å². The lowest BCUT2D eigenvalue weighted by atomic mass is 9.85. The maximum Gasteiger partial charge on any atom is 0.269 e. The molecule has 0 aliphatic carbocycles. The molecule has 0 saturated carbocycles. The fourth-order valence-electron chi connectivity index (χ4n) is 3.69. The summed E-state index contributed by atoms with van der Waals surface area (Å²) >= 11 is 0. The van der Waals surface area contributed by atoms with Crippen molar-refractivity contribution in [2.75, 3.05) is 0 Å². The van der Waals surface area contributed by atoms with E-state index >= 15 is 0 Å². The zero-order valence-corrected chi connectivity index (χ0v) is 16.4. The average molecular weight is 386 g/mol. The van der Waals surface area contributed by atoms with Crippen molar-refractivity contribution < 1.29 is 9.66 Å². The smallest absolute Gasteiger partial charge is 0.269 e. The van der Waals surface area contributed by atoms with Crippen LogP contribution in [0.2, 0.25) is 0 Å². The van der Waals surface area contributed by atoms with Gasteiger partial charge in [0.15, 0.2) is 0 Å². The van der Waals surface area contributed by atoms with Gasteiger partial charge in [-0.3, -0.25) is 10.1 Å². The number of hydrogen-bond acceptors (Lipinski definition) is 4. The number of benzene rings is 3. The lowest BCUT2D eigenvalue weighted by molar-refractivity contribution is -0.384. The van der Waals surface area contributed by atoms with E-state index in [0.29, 0.717) is 5.90 Å². The number of hydrogen-bond donors (Lipinski definition) is 0. The number of rotatable bonds is 4. The number of non-ortho nitro benzene ring substituents is 1. The minimum atomic E-state index is -0.384. The second-order valence-corrected chi connectivity index (χ2v) is 7.40. The molecule has 5 nitrogen and oxygen atoms in total. The van der Waals surface area contributed by atoms with Crippen molar-refractivity contribution in [1.29, 1.82) is 0 Å². The van der Waals surface area contributed by atoms with Crippen molar-refractivity contribution in [1.82, 2.24) is 0 Å². The molecule has 0 aromatic heterocycles. The molecule has 29 heavy (non-hydrogen) atoms. The Morgan fingerprint density at radius 3 is 2.17 bits per heavy atom. The Balaban J connectivity index is 1.77. The number of nitro groups is 1. The first-order valence-electron chi connectivity index (χ1n) is 9.64. The van der Waals surface area contributed by atoms with Gasteiger partial charge in [0.1, 0.15) is 6.10 Å². The molecule has 4 rings (SSSR count). The molecule has 0 bridgehead atoms. The molecule has 0 fully saturated rings. The zero-order valence-electron chi connectivity index (χ0n) is 16.4. The van der Waals surface area contributed by atoms with E-state index in [1.54, 1.807) is 12.1 Å². The van der Waals surface area contributed by atoms with Crippen molar-refractivity contribution in [3.05, 3.63) is 111 Å². The molecule has 5 heteroatoms. The van der Waals surface area contributed by atoms with Crippen LogP contribution < -0.4 is 0 Å². The minimum Gasteiger partial charge on any atom is -0.469 e. The Morgan fingerprint density at radius 1 is 0.897 bits per heavy atom. The molecule has 3 aromatic carbocycles. The second kappa shape index (κ2) is 7.87. The van der Waals surface area contributed by atoms with Crippen molar-refractivity contribution in [2.45, 2.75) is 26.0 Å². The lowest BCUT2D eigenvalue weighted by Gasteiger charge is -2.35. The second-order valence-electron chi connectivity index (χ2n) is 7.40. The summed E-state index contributed by atoms with van der Waals surface area (Å²) in [6.07, 6.45) is -0.162. The van der Waals surface area contributed by atoms with E-state index < -0.39 is 0 Å². The van der Waals surface area contributed by atoms with Crippen molar-refractivity contribution in [3.63, 3.8) is 0 Å². The molecule has 0 amide bonds. The van der Waals surface area contributed by atoms with Gasteiger partial charge in [-0.15, -0.1) is 0 Å². The van der Waals surface area contributed by atoms with Gasteiger partial charge in [-0.1, -0.05) is 67.1 Å². The third-order valence-electron chi connectivity index (χ3n) is 5.34. The molecule has 3 aromatic rings. The van der Waals surface area contributed by atoms with Crippen LogP contribution in [0, 0.1) is 23.0 Å². The van der Waals surface area contributed by atoms with Crippen LogP contribution in [0.4, 0.5) is 5.69 Å². The molecular formula is C24H22N2O3. The van der Waals surface area contributed by atoms with Gasteiger partial charge in [-0.05, 0) is 30.2 Å². The Kier molecular flexibility index (Phi) is 5.12. The van der Waals surface area contributed by atoms with Gasteiger partial charge in [0.2, 0.25) is 5.90 Å². The van der Waals surface area contributed by atoms with E-state index in [0.717, 1.165) is 16.7 Å². The normalized spacial score (nSPS) is 21.2. The number of aliphatic imine (C=N–C) groups is 1. The average Bonchev–Trinajstić information content (AvgIpc) is 2.75. The number of nitrogens with zero attached hydrogens (tertiary/aromatic N) is 2. The van der Waals surface area contributed by atoms with Gasteiger partial charge >= 0.3 is 0 Å². The number of nitro benzene ring substituents is 1. The van der Waals surface area contributed by atoms with Gasteiger partial charge in [0.25, 0.3) is 5.69 Å². The van der Waals surface area contributed by atoms with Crippen LogP contribution in [-0.4, -0.2) is 10.8 Å². The maximum absolute atomic E-state index is 11.0. The van der Waals surface area contributed by atoms with Crippen molar-refractivity contribution >= 4 is 11.6 Å². The summed E-state index contributed by atoms with van der Waals surface area (Å²) in [5, 5.41) is 11.0. The molecule has 1 heterocycles. The van der Waals surface area contributed by atoms with E-state index in [1.807, 2.05) is 49.4 Å². The molecule has 1 aliphatic rings. The highest BCUT2D eigenvalue weighted by molar-refractivity contribution is 5.95. The van der Waals surface area contributed by atoms with Crippen LogP contribution in [0.1, 0.15) is 41.3 Å². The van der Waals surface area contributed by atoms with E-state index in [4.69, 9.17) is 9.73 Å². The van der Waals surface area contributed by atoms with Crippen LogP contribution in [0.15, 0.2) is 83.9 Å². The van der Waals surface area contributed by atoms with Gasteiger partial charge in [0, 0.05) is 23.6 Å². The first kappa shape index (κ1) is 18.9. The highest BCUT2D eigenvalue weighted by atomic mass is 16.6. The Labute approximate surface area is 169 Å². The largest absolute Gasteiger partial charge is 0.469 e. The molecule has 0 saturated heterocycles. The summed E-state index contributed by atoms with van der Waals surface area (Å²) in [5.41, 5.74) is 4.21. The summed E-state index contributed by atoms with van der Waals surface area (Å²) in [6.45, 7) is 4.15. The molecule has 0 radical (unpaired) electrons. The predicted octanol–water partition coefficient (Wildman–Crippen LogP) is 5.80. The van der Waals surface area contributed by atoms with Crippen molar-refractivity contribution in [3.8, 4) is 0 Å². The summed E-state index contributed by atoms with van der Waals surface area (Å²) in [5.74, 6) is 0.661. The van der Waals surface area contributed by atoms with Crippen LogP contribution in [0.5, 0.6) is 0 Å². The zero-order chi connectivity index (χ0) is 20.4. The lowest BCUT2D eigenvalue weighted by Crippen LogP contribution is -2.28. The fourth-order valence-corrected chi connectivity index (χ4v) is 3.69. The Bertz CT molecular complexity index is 1030. The van der Waals surface area contributed by atoms with E-state index in [-0.39, 0.29) is 28.7 Å². The number of ether oxygens (including phenoxy) is 1. The molecule has 146 valence electrons. The number of aryl methyl sites for hydroxylation is 1. The molecule has 1 aliphatic heterocycles. The third-order valence-corrected chi connectivity index (χ3v) is 5.34. The molecule has 0 N–H and O–H groups in total. The predicted molar refractivity (Wildman–Crippen MR) is 113 cm³/mol. The van der Waals surface area contributed by atoms with Gasteiger partial charge in [0.05, 0.1) is 11.0 Å². The van der Waals surface area contributed by atoms with E-state index in [2.05, 4.69) is 19.1 Å². The van der Waals surface area contributed by atoms with Crippen LogP contribution in [0.25, 0.3) is 0 Å². The molecular weight excluding hydrogens is 364 g/mol. The standard InChI is InChI=1S/C24H22N2O3/c1-16-8-10-20(11-9-16)24-25-22(18-12-14-21(15-13-18)26(27)28)17(2)23(29-24)19-6-4-3-5-7-19/h3-15,17,22-23H,1-2H3/t17-,22-,23+/m1/s1. The molecule has 3 atom stereocenters. The first-order valence-corrected chi connectivity index (χ1v) is 9.64. The minimum absolute atomic E-state index is 0.0630. The van der Waals surface area contributed by atoms with Crippen LogP contribution >= 0.6 is 0 Å². The summed E-state index contributed by atoms with van der Waals surface area (Å²) in [7, 11) is 0. The third kappa shape index (κ3) is 3.90.